The summed E-state index contributed by atoms with van der Waals surface area (Å²) < 4.78 is 12.8. The molecule has 0 amide bonds. The number of allylic oxidation sites excluding steroid dienone is 1. The first kappa shape index (κ1) is 12.1. The molecule has 19 heavy (non-hydrogen) atoms. The van der Waals surface area contributed by atoms with E-state index in [1.165, 1.54) is 36.3 Å². The van der Waals surface area contributed by atoms with Crippen LogP contribution in [0.2, 0.25) is 0 Å². The fourth-order valence-corrected chi connectivity index (χ4v) is 2.71. The molecule has 2 aromatic rings. The number of hydrogen-bond donors (Lipinski definition) is 0. The molecule has 94 valence electrons. The highest BCUT2D eigenvalue weighted by atomic mass is 32.1. The summed E-state index contributed by atoms with van der Waals surface area (Å²) in [5.41, 5.74) is 2.44. The summed E-state index contributed by atoms with van der Waals surface area (Å²) in [7, 11) is 0. The van der Waals surface area contributed by atoms with Crippen LogP contribution in [0.1, 0.15) is 35.0 Å². The van der Waals surface area contributed by atoms with Gasteiger partial charge in [-0.25, -0.2) is 9.37 Å². The number of hydrogen-bond acceptors (Lipinski definition) is 3. The lowest BCUT2D eigenvalue weighted by molar-refractivity contribution is 0.628. The first-order valence-corrected chi connectivity index (χ1v) is 6.97. The number of nitrogens with zero attached hydrogens (tertiary/aromatic N) is 2. The number of nitriles is 1. The molecule has 0 N–H and O–H groups in total. The highest BCUT2D eigenvalue weighted by molar-refractivity contribution is 7.11. The second kappa shape index (κ2) is 4.94. The molecule has 0 atom stereocenters. The lowest BCUT2D eigenvalue weighted by atomic mass is 10.1. The Morgan fingerprint density at radius 3 is 2.74 bits per heavy atom. The molecule has 4 heteroatoms. The van der Waals surface area contributed by atoms with E-state index in [-0.39, 0.29) is 5.82 Å². The van der Waals surface area contributed by atoms with Crippen molar-refractivity contribution in [2.75, 3.05) is 0 Å². The van der Waals surface area contributed by atoms with E-state index in [1.54, 1.807) is 18.2 Å². The normalized spacial score (nSPS) is 15.3. The first-order valence-electron chi connectivity index (χ1n) is 6.09. The van der Waals surface area contributed by atoms with Crippen LogP contribution >= 0.6 is 11.3 Å². The Morgan fingerprint density at radius 1 is 1.37 bits per heavy atom. The van der Waals surface area contributed by atoms with E-state index in [1.807, 2.05) is 5.38 Å². The van der Waals surface area contributed by atoms with Gasteiger partial charge in [-0.1, -0.05) is 12.1 Å². The van der Waals surface area contributed by atoms with Gasteiger partial charge < -0.3 is 0 Å². The zero-order valence-corrected chi connectivity index (χ0v) is 11.0. The molecule has 1 aliphatic carbocycles. The summed E-state index contributed by atoms with van der Waals surface area (Å²) in [6, 6.07) is 8.25. The minimum absolute atomic E-state index is 0.277. The topological polar surface area (TPSA) is 36.7 Å². The second-order valence-electron chi connectivity index (χ2n) is 4.57. The van der Waals surface area contributed by atoms with Crippen molar-refractivity contribution in [2.45, 2.75) is 18.8 Å². The number of aromatic nitrogens is 1. The molecule has 1 aromatic heterocycles. The van der Waals surface area contributed by atoms with Crippen LogP contribution in [0.5, 0.6) is 0 Å². The van der Waals surface area contributed by atoms with Gasteiger partial charge in [0.1, 0.15) is 16.9 Å². The second-order valence-corrected chi connectivity index (χ2v) is 5.43. The Labute approximate surface area is 114 Å². The standard InChI is InChI=1S/C15H11FN2S/c16-13-5-1-10(2-6-13)7-12(8-17)15-18-14(9-19-15)11-3-4-11/h1-2,5-7,9,11H,3-4H2. The molecule has 2 nitrogen and oxygen atoms in total. The minimum Gasteiger partial charge on any atom is -0.240 e. The molecule has 1 fully saturated rings. The maximum Gasteiger partial charge on any atom is 0.134 e. The predicted octanol–water partition coefficient (Wildman–Crippen LogP) is 4.22. The van der Waals surface area contributed by atoms with Crippen molar-refractivity contribution in [3.05, 3.63) is 51.7 Å². The molecule has 0 aliphatic heterocycles. The Balaban J connectivity index is 1.90. The summed E-state index contributed by atoms with van der Waals surface area (Å²) in [6.45, 7) is 0. The van der Waals surface area contributed by atoms with Gasteiger partial charge in [-0.15, -0.1) is 11.3 Å². The van der Waals surface area contributed by atoms with Crippen molar-refractivity contribution >= 4 is 23.0 Å². The molecule has 1 aromatic carbocycles. The molecule has 0 spiro atoms. The van der Waals surface area contributed by atoms with Crippen LogP contribution in [-0.2, 0) is 0 Å². The van der Waals surface area contributed by atoms with Crippen LogP contribution in [0.3, 0.4) is 0 Å². The zero-order chi connectivity index (χ0) is 13.2. The van der Waals surface area contributed by atoms with Crippen molar-refractivity contribution in [3.8, 4) is 6.07 Å². The van der Waals surface area contributed by atoms with Gasteiger partial charge in [-0.3, -0.25) is 0 Å². The van der Waals surface area contributed by atoms with Crippen LogP contribution < -0.4 is 0 Å². The number of rotatable bonds is 3. The number of halogens is 1. The van der Waals surface area contributed by atoms with E-state index in [0.29, 0.717) is 11.5 Å². The fourth-order valence-electron chi connectivity index (χ4n) is 1.84. The molecule has 1 heterocycles. The fraction of sp³-hybridized carbons (Fsp3) is 0.200. The van der Waals surface area contributed by atoms with Gasteiger partial charge in [-0.2, -0.15) is 5.26 Å². The lowest BCUT2D eigenvalue weighted by Crippen LogP contribution is -1.84. The molecule has 3 rings (SSSR count). The molecule has 1 aliphatic rings. The minimum atomic E-state index is -0.277. The average Bonchev–Trinajstić information content (AvgIpc) is 3.17. The van der Waals surface area contributed by atoms with Crippen LogP contribution in [0.15, 0.2) is 29.6 Å². The Kier molecular flexibility index (Phi) is 3.14. The first-order chi connectivity index (χ1) is 9.26. The van der Waals surface area contributed by atoms with E-state index < -0.39 is 0 Å². The quantitative estimate of drug-likeness (QED) is 0.783. The molecule has 0 radical (unpaired) electrons. The average molecular weight is 270 g/mol. The third-order valence-electron chi connectivity index (χ3n) is 3.05. The van der Waals surface area contributed by atoms with Gasteiger partial charge in [0, 0.05) is 11.3 Å². The monoisotopic (exact) mass is 270 g/mol. The van der Waals surface area contributed by atoms with Gasteiger partial charge in [0.25, 0.3) is 0 Å². The van der Waals surface area contributed by atoms with Gasteiger partial charge in [-0.05, 0) is 36.6 Å². The third kappa shape index (κ3) is 2.72. The van der Waals surface area contributed by atoms with E-state index in [0.717, 1.165) is 16.3 Å². The number of benzene rings is 1. The zero-order valence-electron chi connectivity index (χ0n) is 10.1. The summed E-state index contributed by atoms with van der Waals surface area (Å²) in [5, 5.41) is 12.0. The lowest BCUT2D eigenvalue weighted by Gasteiger charge is -1.95. The van der Waals surface area contributed by atoms with E-state index in [9.17, 15) is 9.65 Å². The number of thiazole rings is 1. The predicted molar refractivity (Wildman–Crippen MR) is 74.0 cm³/mol. The molecule has 0 saturated heterocycles. The summed E-state index contributed by atoms with van der Waals surface area (Å²) >= 11 is 1.50. The van der Waals surface area contributed by atoms with Gasteiger partial charge in [0.05, 0.1) is 11.3 Å². The smallest absolute Gasteiger partial charge is 0.134 e. The Morgan fingerprint density at radius 2 is 2.11 bits per heavy atom. The molecule has 1 saturated carbocycles. The summed E-state index contributed by atoms with van der Waals surface area (Å²) in [6.07, 6.45) is 4.15. The van der Waals surface area contributed by atoms with Gasteiger partial charge in [0.15, 0.2) is 0 Å². The molecule has 0 bridgehead atoms. The van der Waals surface area contributed by atoms with Gasteiger partial charge in [0.2, 0.25) is 0 Å². The van der Waals surface area contributed by atoms with E-state index in [2.05, 4.69) is 11.1 Å². The highest BCUT2D eigenvalue weighted by Gasteiger charge is 2.26. The molecule has 0 unspecified atom stereocenters. The molecular weight excluding hydrogens is 259 g/mol. The van der Waals surface area contributed by atoms with Crippen molar-refractivity contribution in [1.29, 1.82) is 5.26 Å². The Bertz CT molecular complexity index is 660. The van der Waals surface area contributed by atoms with Crippen LogP contribution in [0.4, 0.5) is 4.39 Å². The SMILES string of the molecule is N#CC(=Cc1ccc(F)cc1)c1nc(C2CC2)cs1. The largest absolute Gasteiger partial charge is 0.240 e. The van der Waals surface area contributed by atoms with Crippen LogP contribution in [0, 0.1) is 17.1 Å². The Hall–Kier alpha value is -1.99. The van der Waals surface area contributed by atoms with E-state index in [4.69, 9.17) is 0 Å². The van der Waals surface area contributed by atoms with Crippen molar-refractivity contribution < 1.29 is 4.39 Å². The van der Waals surface area contributed by atoms with Gasteiger partial charge >= 0.3 is 0 Å². The molecular formula is C15H11FN2S. The van der Waals surface area contributed by atoms with E-state index >= 15 is 0 Å². The van der Waals surface area contributed by atoms with Crippen molar-refractivity contribution in [2.24, 2.45) is 0 Å². The highest BCUT2D eigenvalue weighted by Crippen LogP contribution is 2.40. The summed E-state index contributed by atoms with van der Waals surface area (Å²) in [5.74, 6) is 0.316. The maximum atomic E-state index is 12.8. The van der Waals surface area contributed by atoms with Crippen molar-refractivity contribution in [3.63, 3.8) is 0 Å². The third-order valence-corrected chi connectivity index (χ3v) is 3.94. The van der Waals surface area contributed by atoms with Crippen molar-refractivity contribution in [1.82, 2.24) is 4.98 Å². The van der Waals surface area contributed by atoms with Crippen LogP contribution in [-0.4, -0.2) is 4.98 Å². The maximum absolute atomic E-state index is 12.8. The summed E-state index contributed by atoms with van der Waals surface area (Å²) in [4.78, 5) is 4.51. The van der Waals surface area contributed by atoms with Crippen LogP contribution in [0.25, 0.3) is 11.6 Å².